The summed E-state index contributed by atoms with van der Waals surface area (Å²) in [6, 6.07) is 2.90. The number of phenolic OH excluding ortho intramolecular Hbond substituents is 1. The van der Waals surface area contributed by atoms with Crippen molar-refractivity contribution in [2.75, 3.05) is 14.2 Å². The van der Waals surface area contributed by atoms with Crippen LogP contribution in [0.1, 0.15) is 18.9 Å². The molecule has 100 valence electrons. The lowest BCUT2D eigenvalue weighted by Crippen LogP contribution is -2.16. The van der Waals surface area contributed by atoms with Crippen molar-refractivity contribution in [1.82, 2.24) is 0 Å². The fourth-order valence-corrected chi connectivity index (χ4v) is 1.82. The Bertz CT molecular complexity index is 402. The monoisotopic (exact) mass is 254 g/mol. The second-order valence-corrected chi connectivity index (χ2v) is 3.98. The summed E-state index contributed by atoms with van der Waals surface area (Å²) in [5.41, 5.74) is 0.659. The Labute approximate surface area is 106 Å². The van der Waals surface area contributed by atoms with Crippen LogP contribution in [0.25, 0.3) is 0 Å². The van der Waals surface area contributed by atoms with Gasteiger partial charge in [0.15, 0.2) is 0 Å². The smallest absolute Gasteiger partial charge is 0.306 e. The Kier molecular flexibility index (Phi) is 4.83. The molecular weight excluding hydrogens is 236 g/mol. The molecule has 0 aliphatic heterocycles. The molecule has 2 N–H and O–H groups in total. The topological polar surface area (TPSA) is 76.0 Å². The van der Waals surface area contributed by atoms with Crippen molar-refractivity contribution in [3.63, 3.8) is 0 Å². The van der Waals surface area contributed by atoms with Gasteiger partial charge in [-0.3, -0.25) is 4.79 Å². The van der Waals surface area contributed by atoms with Crippen LogP contribution in [0.3, 0.4) is 0 Å². The van der Waals surface area contributed by atoms with E-state index in [1.54, 1.807) is 0 Å². The highest BCUT2D eigenvalue weighted by molar-refractivity contribution is 5.71. The van der Waals surface area contributed by atoms with Crippen LogP contribution in [0.5, 0.6) is 17.2 Å². The van der Waals surface area contributed by atoms with Crippen LogP contribution < -0.4 is 9.47 Å². The number of aliphatic carboxylic acids is 1. The van der Waals surface area contributed by atoms with Crippen molar-refractivity contribution in [3.8, 4) is 17.2 Å². The lowest BCUT2D eigenvalue weighted by Gasteiger charge is -2.16. The summed E-state index contributed by atoms with van der Waals surface area (Å²) in [5, 5.41) is 18.6. The van der Waals surface area contributed by atoms with E-state index in [1.807, 2.05) is 6.92 Å². The fraction of sp³-hybridized carbons (Fsp3) is 0.462. The molecule has 1 aromatic carbocycles. The third-order valence-corrected chi connectivity index (χ3v) is 2.89. The summed E-state index contributed by atoms with van der Waals surface area (Å²) in [6.07, 6.45) is 0.820. The minimum Gasteiger partial charge on any atom is -0.508 e. The average molecular weight is 254 g/mol. The molecule has 1 atom stereocenters. The Morgan fingerprint density at radius 3 is 2.11 bits per heavy atom. The molecule has 5 nitrogen and oxygen atoms in total. The maximum Gasteiger partial charge on any atom is 0.306 e. The molecule has 0 saturated carbocycles. The summed E-state index contributed by atoms with van der Waals surface area (Å²) in [6.45, 7) is 1.82. The number of hydrogen-bond donors (Lipinski definition) is 2. The van der Waals surface area contributed by atoms with Crippen LogP contribution in [0.15, 0.2) is 12.1 Å². The predicted octanol–water partition coefficient (Wildman–Crippen LogP) is 2.06. The third kappa shape index (κ3) is 3.06. The first-order valence-electron chi connectivity index (χ1n) is 5.70. The van der Waals surface area contributed by atoms with Crippen LogP contribution in [0.2, 0.25) is 0 Å². The Balaban J connectivity index is 3.16. The van der Waals surface area contributed by atoms with Crippen molar-refractivity contribution in [2.45, 2.75) is 19.8 Å². The van der Waals surface area contributed by atoms with E-state index in [1.165, 1.54) is 26.4 Å². The maximum absolute atomic E-state index is 11.1. The van der Waals surface area contributed by atoms with E-state index in [4.69, 9.17) is 14.6 Å². The minimum atomic E-state index is -0.852. The van der Waals surface area contributed by atoms with Gasteiger partial charge < -0.3 is 19.7 Å². The van der Waals surface area contributed by atoms with Gasteiger partial charge in [0.1, 0.15) is 17.2 Å². The highest BCUT2D eigenvalue weighted by atomic mass is 16.5. The minimum absolute atomic E-state index is 0.0239. The number of carboxylic acids is 1. The number of benzene rings is 1. The predicted molar refractivity (Wildman–Crippen MR) is 66.3 cm³/mol. The standard InChI is InChI=1S/C13H18O5/c1-4-8(13(15)16)5-10-11(17-2)6-9(14)7-12(10)18-3/h6-8,14H,4-5H2,1-3H3,(H,15,16). The number of carbonyl (C=O) groups is 1. The van der Waals surface area contributed by atoms with E-state index in [0.29, 0.717) is 29.9 Å². The molecule has 18 heavy (non-hydrogen) atoms. The van der Waals surface area contributed by atoms with Crippen LogP contribution in [0, 0.1) is 5.92 Å². The lowest BCUT2D eigenvalue weighted by atomic mass is 9.95. The lowest BCUT2D eigenvalue weighted by molar-refractivity contribution is -0.141. The summed E-state index contributed by atoms with van der Waals surface area (Å²) >= 11 is 0. The first-order chi connectivity index (χ1) is 8.53. The molecule has 0 heterocycles. The quantitative estimate of drug-likeness (QED) is 0.812. The zero-order valence-corrected chi connectivity index (χ0v) is 10.8. The molecule has 0 aromatic heterocycles. The van der Waals surface area contributed by atoms with Crippen molar-refractivity contribution < 1.29 is 24.5 Å². The van der Waals surface area contributed by atoms with E-state index in [-0.39, 0.29) is 5.75 Å². The molecule has 1 aromatic rings. The van der Waals surface area contributed by atoms with E-state index in [9.17, 15) is 9.90 Å². The first kappa shape index (κ1) is 14.2. The van der Waals surface area contributed by atoms with Crippen LogP contribution in [-0.4, -0.2) is 30.4 Å². The molecule has 5 heteroatoms. The van der Waals surface area contributed by atoms with Gasteiger partial charge >= 0.3 is 5.97 Å². The molecule has 0 amide bonds. The highest BCUT2D eigenvalue weighted by Crippen LogP contribution is 2.35. The Morgan fingerprint density at radius 2 is 1.78 bits per heavy atom. The maximum atomic E-state index is 11.1. The van der Waals surface area contributed by atoms with Gasteiger partial charge in [-0.25, -0.2) is 0 Å². The van der Waals surface area contributed by atoms with Gasteiger partial charge in [0.2, 0.25) is 0 Å². The Morgan fingerprint density at radius 1 is 1.28 bits per heavy atom. The fourth-order valence-electron chi connectivity index (χ4n) is 1.82. The molecule has 0 aliphatic rings. The van der Waals surface area contributed by atoms with E-state index < -0.39 is 11.9 Å². The Hall–Kier alpha value is -1.91. The van der Waals surface area contributed by atoms with Gasteiger partial charge in [0, 0.05) is 17.7 Å². The molecule has 0 fully saturated rings. The molecule has 0 bridgehead atoms. The van der Waals surface area contributed by atoms with Crippen molar-refractivity contribution in [1.29, 1.82) is 0 Å². The van der Waals surface area contributed by atoms with Gasteiger partial charge in [-0.1, -0.05) is 6.92 Å². The SMILES string of the molecule is CCC(Cc1c(OC)cc(O)cc1OC)C(=O)O. The second kappa shape index (κ2) is 6.14. The van der Waals surface area contributed by atoms with Gasteiger partial charge in [0.25, 0.3) is 0 Å². The van der Waals surface area contributed by atoms with Gasteiger partial charge in [0.05, 0.1) is 20.1 Å². The van der Waals surface area contributed by atoms with Gasteiger partial charge in [-0.2, -0.15) is 0 Å². The number of methoxy groups -OCH3 is 2. The van der Waals surface area contributed by atoms with Crippen molar-refractivity contribution in [3.05, 3.63) is 17.7 Å². The molecule has 1 unspecified atom stereocenters. The van der Waals surface area contributed by atoms with Crippen molar-refractivity contribution >= 4 is 5.97 Å². The number of phenols is 1. The second-order valence-electron chi connectivity index (χ2n) is 3.98. The molecular formula is C13H18O5. The largest absolute Gasteiger partial charge is 0.508 e. The summed E-state index contributed by atoms with van der Waals surface area (Å²) in [7, 11) is 2.94. The first-order valence-corrected chi connectivity index (χ1v) is 5.70. The average Bonchev–Trinajstić information content (AvgIpc) is 2.35. The third-order valence-electron chi connectivity index (χ3n) is 2.89. The highest BCUT2D eigenvalue weighted by Gasteiger charge is 2.21. The molecule has 1 rings (SSSR count). The summed E-state index contributed by atoms with van der Waals surface area (Å²) < 4.78 is 10.3. The number of rotatable bonds is 6. The molecule has 0 aliphatic carbocycles. The van der Waals surface area contributed by atoms with E-state index >= 15 is 0 Å². The van der Waals surface area contributed by atoms with Crippen LogP contribution >= 0.6 is 0 Å². The molecule has 0 radical (unpaired) electrons. The molecule has 0 spiro atoms. The van der Waals surface area contributed by atoms with Gasteiger partial charge in [-0.15, -0.1) is 0 Å². The summed E-state index contributed by atoms with van der Waals surface area (Å²) in [4.78, 5) is 11.1. The zero-order valence-electron chi connectivity index (χ0n) is 10.8. The van der Waals surface area contributed by atoms with Crippen LogP contribution in [0.4, 0.5) is 0 Å². The molecule has 0 saturated heterocycles. The number of aromatic hydroxyl groups is 1. The zero-order chi connectivity index (χ0) is 13.7. The summed E-state index contributed by atoms with van der Waals surface area (Å²) in [5.74, 6) is -0.457. The number of hydrogen-bond acceptors (Lipinski definition) is 4. The number of ether oxygens (including phenoxy) is 2. The van der Waals surface area contributed by atoms with Crippen molar-refractivity contribution in [2.24, 2.45) is 5.92 Å². The van der Waals surface area contributed by atoms with Gasteiger partial charge in [-0.05, 0) is 12.8 Å². The van der Waals surface area contributed by atoms with E-state index in [0.717, 1.165) is 0 Å². The van der Waals surface area contributed by atoms with Crippen LogP contribution in [-0.2, 0) is 11.2 Å². The normalized spacial score (nSPS) is 11.9. The van der Waals surface area contributed by atoms with E-state index in [2.05, 4.69) is 0 Å². The number of carboxylic acid groups (broad SMARTS) is 1.